The van der Waals surface area contributed by atoms with Crippen molar-refractivity contribution in [3.8, 4) is 16.9 Å². The molecule has 0 fully saturated rings. The Hall–Kier alpha value is -3.39. The van der Waals surface area contributed by atoms with Crippen molar-refractivity contribution in [1.29, 1.82) is 0 Å². The Kier molecular flexibility index (Phi) is 5.44. The molecular formula is C21H20N6OS. The Balaban J connectivity index is 1.70. The van der Waals surface area contributed by atoms with Gasteiger partial charge in [0, 0.05) is 35.6 Å². The fraction of sp³-hybridized carbons (Fsp3) is 0.143. The van der Waals surface area contributed by atoms with Crippen molar-refractivity contribution in [2.75, 3.05) is 24.3 Å². The van der Waals surface area contributed by atoms with Crippen molar-refractivity contribution in [3.63, 3.8) is 0 Å². The zero-order valence-electron chi connectivity index (χ0n) is 15.9. The number of aromatic nitrogens is 4. The van der Waals surface area contributed by atoms with E-state index in [2.05, 4.69) is 20.4 Å². The maximum absolute atomic E-state index is 12.3. The molecule has 7 nitrogen and oxygen atoms in total. The predicted molar refractivity (Wildman–Crippen MR) is 117 cm³/mol. The molecule has 8 heteroatoms. The average Bonchev–Trinajstić information content (AvgIpc) is 3.17. The number of carbonyl (C=O) groups excluding carboxylic acids is 1. The van der Waals surface area contributed by atoms with Crippen molar-refractivity contribution in [1.82, 2.24) is 25.1 Å². The lowest BCUT2D eigenvalue weighted by Crippen LogP contribution is -2.26. The minimum absolute atomic E-state index is 0.191. The van der Waals surface area contributed by atoms with Crippen molar-refractivity contribution in [2.24, 2.45) is 0 Å². The first kappa shape index (κ1) is 18.9. The van der Waals surface area contributed by atoms with E-state index in [9.17, 15) is 4.79 Å². The number of rotatable bonds is 6. The van der Waals surface area contributed by atoms with Crippen LogP contribution in [0.15, 0.2) is 61.1 Å². The zero-order chi connectivity index (χ0) is 20.2. The maximum atomic E-state index is 12.3. The highest BCUT2D eigenvalue weighted by atomic mass is 32.2. The lowest BCUT2D eigenvalue weighted by Gasteiger charge is -2.08. The van der Waals surface area contributed by atoms with Gasteiger partial charge in [-0.05, 0) is 36.1 Å². The van der Waals surface area contributed by atoms with Crippen LogP contribution < -0.4 is 11.1 Å². The number of amides is 1. The number of nitrogen functional groups attached to an aromatic ring is 1. The number of nitrogens with one attached hydrogen (secondary N) is 1. The van der Waals surface area contributed by atoms with Gasteiger partial charge in [-0.15, -0.1) is 0 Å². The summed E-state index contributed by atoms with van der Waals surface area (Å²) in [5.74, 6) is 1.25. The fourth-order valence-electron chi connectivity index (χ4n) is 3.02. The van der Waals surface area contributed by atoms with Gasteiger partial charge in [0.25, 0.3) is 5.91 Å². The normalized spacial score (nSPS) is 10.9. The van der Waals surface area contributed by atoms with Gasteiger partial charge in [-0.25, -0.2) is 9.67 Å². The van der Waals surface area contributed by atoms with Crippen LogP contribution >= 0.6 is 11.8 Å². The van der Waals surface area contributed by atoms with E-state index in [-0.39, 0.29) is 5.91 Å². The third kappa shape index (κ3) is 4.07. The van der Waals surface area contributed by atoms with Crippen LogP contribution in [-0.4, -0.2) is 44.2 Å². The first-order chi connectivity index (χ1) is 14.2. The Morgan fingerprint density at radius 2 is 2.03 bits per heavy atom. The van der Waals surface area contributed by atoms with Gasteiger partial charge in [0.1, 0.15) is 5.69 Å². The molecule has 1 aromatic carbocycles. The molecule has 0 unspecified atom stereocenters. The van der Waals surface area contributed by atoms with Gasteiger partial charge in [-0.1, -0.05) is 18.2 Å². The second kappa shape index (κ2) is 8.32. The van der Waals surface area contributed by atoms with Crippen molar-refractivity contribution in [2.45, 2.75) is 0 Å². The molecule has 0 radical (unpaired) electrons. The third-order valence-electron chi connectivity index (χ3n) is 4.44. The van der Waals surface area contributed by atoms with Crippen molar-refractivity contribution in [3.05, 3.63) is 66.7 Å². The molecule has 1 amide bonds. The maximum Gasteiger partial charge on any atom is 0.269 e. The standard InChI is InChI=1S/C21H20N6OS/c1-29-8-7-24-21(28)18-3-2-4-20(26-18)27-19-10-14(5-6-15(19)12-25-27)16-9-17(22)13-23-11-16/h2-6,9-13H,7-8,22H2,1H3,(H,24,28). The molecule has 4 rings (SSSR count). The van der Waals surface area contributed by atoms with E-state index in [4.69, 9.17) is 5.73 Å². The van der Waals surface area contributed by atoms with Gasteiger partial charge in [-0.3, -0.25) is 9.78 Å². The summed E-state index contributed by atoms with van der Waals surface area (Å²) >= 11 is 1.68. The number of benzene rings is 1. The monoisotopic (exact) mass is 404 g/mol. The van der Waals surface area contributed by atoms with Crippen LogP contribution in [0.25, 0.3) is 27.8 Å². The number of thioether (sulfide) groups is 1. The van der Waals surface area contributed by atoms with Crippen LogP contribution in [0, 0.1) is 0 Å². The van der Waals surface area contributed by atoms with Crippen LogP contribution in [0.4, 0.5) is 5.69 Å². The topological polar surface area (TPSA) is 98.7 Å². The number of hydrogen-bond donors (Lipinski definition) is 2. The highest BCUT2D eigenvalue weighted by Crippen LogP contribution is 2.26. The first-order valence-corrected chi connectivity index (χ1v) is 10.5. The summed E-state index contributed by atoms with van der Waals surface area (Å²) in [6.07, 6.45) is 7.17. The van der Waals surface area contributed by atoms with Gasteiger partial charge in [-0.2, -0.15) is 16.9 Å². The van der Waals surface area contributed by atoms with Crippen LogP contribution in [0.5, 0.6) is 0 Å². The minimum Gasteiger partial charge on any atom is -0.397 e. The Morgan fingerprint density at radius 3 is 2.86 bits per heavy atom. The van der Waals surface area contributed by atoms with Crippen LogP contribution in [-0.2, 0) is 0 Å². The molecule has 3 aromatic heterocycles. The van der Waals surface area contributed by atoms with Crippen molar-refractivity contribution < 1.29 is 4.79 Å². The van der Waals surface area contributed by atoms with E-state index >= 15 is 0 Å². The summed E-state index contributed by atoms with van der Waals surface area (Å²) in [4.78, 5) is 21.0. The molecule has 0 bridgehead atoms. The Labute approximate surface area is 172 Å². The van der Waals surface area contributed by atoms with Gasteiger partial charge < -0.3 is 11.1 Å². The van der Waals surface area contributed by atoms with E-state index < -0.39 is 0 Å². The molecule has 3 heterocycles. The second-order valence-corrected chi connectivity index (χ2v) is 7.45. The van der Waals surface area contributed by atoms with E-state index in [1.54, 1.807) is 41.1 Å². The summed E-state index contributed by atoms with van der Waals surface area (Å²) in [6, 6.07) is 13.3. The summed E-state index contributed by atoms with van der Waals surface area (Å²) in [6.45, 7) is 0.605. The van der Waals surface area contributed by atoms with Gasteiger partial charge >= 0.3 is 0 Å². The van der Waals surface area contributed by atoms with Crippen LogP contribution in [0.1, 0.15) is 10.5 Å². The largest absolute Gasteiger partial charge is 0.397 e. The highest BCUT2D eigenvalue weighted by Gasteiger charge is 2.12. The molecule has 0 saturated carbocycles. The van der Waals surface area contributed by atoms with Gasteiger partial charge in [0.15, 0.2) is 5.82 Å². The predicted octanol–water partition coefficient (Wildman–Crippen LogP) is 3.16. The first-order valence-electron chi connectivity index (χ1n) is 9.09. The summed E-state index contributed by atoms with van der Waals surface area (Å²) < 4.78 is 1.73. The quantitative estimate of drug-likeness (QED) is 0.479. The lowest BCUT2D eigenvalue weighted by molar-refractivity contribution is 0.0951. The summed E-state index contributed by atoms with van der Waals surface area (Å²) in [5.41, 5.74) is 9.63. The number of carbonyl (C=O) groups is 1. The molecule has 3 N–H and O–H groups in total. The number of fused-ring (bicyclic) bond motifs is 1. The van der Waals surface area contributed by atoms with E-state index in [0.717, 1.165) is 27.8 Å². The number of anilines is 1. The smallest absolute Gasteiger partial charge is 0.269 e. The van der Waals surface area contributed by atoms with E-state index in [1.165, 1.54) is 0 Å². The molecule has 29 heavy (non-hydrogen) atoms. The molecule has 0 atom stereocenters. The molecule has 0 aliphatic carbocycles. The summed E-state index contributed by atoms with van der Waals surface area (Å²) in [7, 11) is 0. The van der Waals surface area contributed by atoms with Crippen molar-refractivity contribution >= 4 is 34.3 Å². The molecule has 0 aliphatic heterocycles. The van der Waals surface area contributed by atoms with E-state index in [0.29, 0.717) is 23.7 Å². The van der Waals surface area contributed by atoms with Crippen LogP contribution in [0.2, 0.25) is 0 Å². The second-order valence-electron chi connectivity index (χ2n) is 6.47. The van der Waals surface area contributed by atoms with Gasteiger partial charge in [0.2, 0.25) is 0 Å². The number of nitrogens with zero attached hydrogens (tertiary/aromatic N) is 4. The molecule has 0 aliphatic rings. The molecule has 0 spiro atoms. The number of nitrogens with two attached hydrogens (primary N) is 1. The molecule has 0 saturated heterocycles. The zero-order valence-corrected chi connectivity index (χ0v) is 16.7. The SMILES string of the molecule is CSCCNC(=O)c1cccc(-n2ncc3ccc(-c4cncc(N)c4)cc32)n1. The lowest BCUT2D eigenvalue weighted by atomic mass is 10.1. The average molecular weight is 404 g/mol. The number of pyridine rings is 2. The molecular weight excluding hydrogens is 384 g/mol. The third-order valence-corrected chi connectivity index (χ3v) is 5.05. The van der Waals surface area contributed by atoms with Gasteiger partial charge in [0.05, 0.1) is 17.4 Å². The summed E-state index contributed by atoms with van der Waals surface area (Å²) in [5, 5.41) is 8.32. The Morgan fingerprint density at radius 1 is 1.14 bits per heavy atom. The Bertz CT molecular complexity index is 1170. The number of hydrogen-bond acceptors (Lipinski definition) is 6. The minimum atomic E-state index is -0.191. The fourth-order valence-corrected chi connectivity index (χ4v) is 3.33. The highest BCUT2D eigenvalue weighted by molar-refractivity contribution is 7.98. The molecule has 146 valence electrons. The van der Waals surface area contributed by atoms with E-state index in [1.807, 2.05) is 42.7 Å². The van der Waals surface area contributed by atoms with Crippen LogP contribution in [0.3, 0.4) is 0 Å². The molecule has 4 aromatic rings.